The highest BCUT2D eigenvalue weighted by Gasteiger charge is 2.53. The molecule has 0 spiro atoms. The van der Waals surface area contributed by atoms with Gasteiger partial charge in [-0.05, 0) is 31.9 Å². The lowest BCUT2D eigenvalue weighted by Gasteiger charge is -2.38. The normalized spacial score (nSPS) is 29.3. The molecule has 3 nitrogen and oxygen atoms in total. The van der Waals surface area contributed by atoms with Crippen LogP contribution in [0.4, 0.5) is 0 Å². The molecule has 1 aliphatic rings. The topological polar surface area (TPSA) is 38.7 Å². The lowest BCUT2D eigenvalue weighted by atomic mass is 9.85. The molecule has 0 fully saturated rings. The molecule has 2 unspecified atom stereocenters. The maximum Gasteiger partial charge on any atom is 0.125 e. The highest BCUT2D eigenvalue weighted by molar-refractivity contribution is 5.50. The molecule has 0 heterocycles. The molecule has 1 aliphatic carbocycles. The lowest BCUT2D eigenvalue weighted by molar-refractivity contribution is -0.163. The van der Waals surface area contributed by atoms with Gasteiger partial charge < -0.3 is 14.6 Å². The van der Waals surface area contributed by atoms with Gasteiger partial charge in [0.15, 0.2) is 0 Å². The SMILES string of the molecule is CCCCOC1(C)c2c(cccc2OC)CC1(C)O. The first-order valence-electron chi connectivity index (χ1n) is 6.99. The number of hydrogen-bond donors (Lipinski definition) is 1. The smallest absolute Gasteiger partial charge is 0.125 e. The molecule has 0 saturated heterocycles. The quantitative estimate of drug-likeness (QED) is 0.831. The van der Waals surface area contributed by atoms with E-state index in [1.54, 1.807) is 7.11 Å². The minimum absolute atomic E-state index is 0.599. The number of fused-ring (bicyclic) bond motifs is 1. The van der Waals surface area contributed by atoms with E-state index in [2.05, 4.69) is 6.92 Å². The number of benzene rings is 1. The van der Waals surface area contributed by atoms with E-state index in [4.69, 9.17) is 9.47 Å². The largest absolute Gasteiger partial charge is 0.496 e. The van der Waals surface area contributed by atoms with E-state index in [1.807, 2.05) is 32.0 Å². The first-order chi connectivity index (χ1) is 8.96. The summed E-state index contributed by atoms with van der Waals surface area (Å²) in [5, 5.41) is 10.8. The molecule has 19 heavy (non-hydrogen) atoms. The maximum absolute atomic E-state index is 10.8. The van der Waals surface area contributed by atoms with Crippen molar-refractivity contribution in [2.24, 2.45) is 0 Å². The summed E-state index contributed by atoms with van der Waals surface area (Å²) in [7, 11) is 1.66. The van der Waals surface area contributed by atoms with Gasteiger partial charge in [0.05, 0.1) is 12.7 Å². The Balaban J connectivity index is 2.42. The van der Waals surface area contributed by atoms with E-state index in [-0.39, 0.29) is 0 Å². The molecule has 2 rings (SSSR count). The van der Waals surface area contributed by atoms with Gasteiger partial charge in [-0.15, -0.1) is 0 Å². The molecular weight excluding hydrogens is 240 g/mol. The standard InChI is InChI=1S/C16H24O3/c1-5-6-10-19-16(3)14-12(11-15(16,2)17)8-7-9-13(14)18-4/h7-9,17H,5-6,10-11H2,1-4H3. The molecule has 2 atom stereocenters. The van der Waals surface area contributed by atoms with Crippen molar-refractivity contribution in [2.45, 2.75) is 51.2 Å². The van der Waals surface area contributed by atoms with Gasteiger partial charge in [-0.25, -0.2) is 0 Å². The third-order valence-corrected chi connectivity index (χ3v) is 4.26. The Kier molecular flexibility index (Phi) is 3.88. The fraction of sp³-hybridized carbons (Fsp3) is 0.625. The molecule has 3 heteroatoms. The number of hydrogen-bond acceptors (Lipinski definition) is 3. The zero-order chi connectivity index (χ0) is 14.1. The van der Waals surface area contributed by atoms with Gasteiger partial charge in [0.2, 0.25) is 0 Å². The molecule has 0 saturated carbocycles. The molecule has 0 radical (unpaired) electrons. The number of unbranched alkanes of at least 4 members (excludes halogenated alkanes) is 1. The molecule has 1 aromatic rings. The van der Waals surface area contributed by atoms with Crippen LogP contribution in [0.15, 0.2) is 18.2 Å². The average molecular weight is 264 g/mol. The average Bonchev–Trinajstić information content (AvgIpc) is 2.57. The Bertz CT molecular complexity index is 453. The zero-order valence-corrected chi connectivity index (χ0v) is 12.3. The summed E-state index contributed by atoms with van der Waals surface area (Å²) in [6.45, 7) is 6.60. The Labute approximate surface area is 115 Å². The van der Waals surface area contributed by atoms with Crippen LogP contribution in [0.25, 0.3) is 0 Å². The van der Waals surface area contributed by atoms with Crippen LogP contribution in [-0.2, 0) is 16.8 Å². The predicted molar refractivity (Wildman–Crippen MR) is 75.5 cm³/mol. The third kappa shape index (κ3) is 2.26. The maximum atomic E-state index is 10.8. The highest BCUT2D eigenvalue weighted by atomic mass is 16.5. The predicted octanol–water partition coefficient (Wildman–Crippen LogP) is 3.03. The summed E-state index contributed by atoms with van der Waals surface area (Å²) in [4.78, 5) is 0. The summed E-state index contributed by atoms with van der Waals surface area (Å²) < 4.78 is 11.5. The van der Waals surface area contributed by atoms with E-state index >= 15 is 0 Å². The fourth-order valence-corrected chi connectivity index (χ4v) is 2.89. The van der Waals surface area contributed by atoms with Crippen molar-refractivity contribution in [3.05, 3.63) is 29.3 Å². The molecule has 1 N–H and O–H groups in total. The molecule has 0 amide bonds. The van der Waals surface area contributed by atoms with Crippen molar-refractivity contribution in [2.75, 3.05) is 13.7 Å². The molecule has 0 aliphatic heterocycles. The molecule has 1 aromatic carbocycles. The lowest BCUT2D eigenvalue weighted by Crippen LogP contribution is -2.46. The van der Waals surface area contributed by atoms with Crippen molar-refractivity contribution in [3.8, 4) is 5.75 Å². The van der Waals surface area contributed by atoms with E-state index in [0.717, 1.165) is 29.7 Å². The van der Waals surface area contributed by atoms with Crippen molar-refractivity contribution < 1.29 is 14.6 Å². The van der Waals surface area contributed by atoms with Gasteiger partial charge in [0.25, 0.3) is 0 Å². The van der Waals surface area contributed by atoms with E-state index in [0.29, 0.717) is 13.0 Å². The van der Waals surface area contributed by atoms with Crippen molar-refractivity contribution in [3.63, 3.8) is 0 Å². The number of aliphatic hydroxyl groups is 1. The second-order valence-corrected chi connectivity index (χ2v) is 5.68. The van der Waals surface area contributed by atoms with Gasteiger partial charge in [-0.1, -0.05) is 25.5 Å². The van der Waals surface area contributed by atoms with Gasteiger partial charge >= 0.3 is 0 Å². The summed E-state index contributed by atoms with van der Waals surface area (Å²) >= 11 is 0. The van der Waals surface area contributed by atoms with Crippen LogP contribution in [0.2, 0.25) is 0 Å². The summed E-state index contributed by atoms with van der Waals surface area (Å²) in [5.41, 5.74) is 0.504. The fourth-order valence-electron chi connectivity index (χ4n) is 2.89. The summed E-state index contributed by atoms with van der Waals surface area (Å²) in [5.74, 6) is 0.800. The Morgan fingerprint density at radius 1 is 1.32 bits per heavy atom. The number of rotatable bonds is 5. The van der Waals surface area contributed by atoms with Crippen LogP contribution in [0, 0.1) is 0 Å². The summed E-state index contributed by atoms with van der Waals surface area (Å²) in [6, 6.07) is 5.94. The van der Waals surface area contributed by atoms with Crippen LogP contribution in [-0.4, -0.2) is 24.4 Å². The van der Waals surface area contributed by atoms with Crippen molar-refractivity contribution in [1.82, 2.24) is 0 Å². The molecule has 0 aromatic heterocycles. The first kappa shape index (κ1) is 14.4. The number of methoxy groups -OCH3 is 1. The van der Waals surface area contributed by atoms with Gasteiger partial charge in [0.1, 0.15) is 11.4 Å². The highest BCUT2D eigenvalue weighted by Crippen LogP contribution is 2.50. The molecule has 106 valence electrons. The van der Waals surface area contributed by atoms with E-state index in [1.165, 1.54) is 0 Å². The van der Waals surface area contributed by atoms with Gasteiger partial charge in [-0.2, -0.15) is 0 Å². The van der Waals surface area contributed by atoms with Crippen LogP contribution in [0.3, 0.4) is 0 Å². The van der Waals surface area contributed by atoms with Gasteiger partial charge in [0, 0.05) is 18.6 Å². The van der Waals surface area contributed by atoms with Crippen molar-refractivity contribution in [1.29, 1.82) is 0 Å². The minimum atomic E-state index is -0.905. The second kappa shape index (κ2) is 5.14. The van der Waals surface area contributed by atoms with Crippen LogP contribution in [0.5, 0.6) is 5.75 Å². The minimum Gasteiger partial charge on any atom is -0.496 e. The first-order valence-corrected chi connectivity index (χ1v) is 6.99. The van der Waals surface area contributed by atoms with E-state index < -0.39 is 11.2 Å². The Morgan fingerprint density at radius 3 is 2.68 bits per heavy atom. The van der Waals surface area contributed by atoms with Crippen molar-refractivity contribution >= 4 is 0 Å². The van der Waals surface area contributed by atoms with Crippen LogP contribution >= 0.6 is 0 Å². The Hall–Kier alpha value is -1.06. The molecule has 0 bridgehead atoms. The second-order valence-electron chi connectivity index (χ2n) is 5.68. The van der Waals surface area contributed by atoms with E-state index in [9.17, 15) is 5.11 Å². The molecular formula is C16H24O3. The third-order valence-electron chi connectivity index (χ3n) is 4.26. The van der Waals surface area contributed by atoms with Crippen LogP contribution < -0.4 is 4.74 Å². The Morgan fingerprint density at radius 2 is 2.05 bits per heavy atom. The zero-order valence-electron chi connectivity index (χ0n) is 12.3. The monoisotopic (exact) mass is 264 g/mol. The summed E-state index contributed by atoms with van der Waals surface area (Å²) in [6.07, 6.45) is 2.68. The number of ether oxygens (including phenoxy) is 2. The van der Waals surface area contributed by atoms with Crippen LogP contribution in [0.1, 0.15) is 44.7 Å². The van der Waals surface area contributed by atoms with Gasteiger partial charge in [-0.3, -0.25) is 0 Å².